The molecule has 5 nitrogen and oxygen atoms in total. The first-order chi connectivity index (χ1) is 14.1. The number of likely N-dealkylation sites (N-methyl/N-ethyl adjacent to an activating group) is 1. The van der Waals surface area contributed by atoms with Gasteiger partial charge in [-0.05, 0) is 55.3 Å². The first-order valence-corrected chi connectivity index (χ1v) is 10.7. The summed E-state index contributed by atoms with van der Waals surface area (Å²) in [6, 6.07) is 8.79. The summed E-state index contributed by atoms with van der Waals surface area (Å²) in [6.07, 6.45) is -0.775. The molecule has 1 atom stereocenters. The summed E-state index contributed by atoms with van der Waals surface area (Å²) in [6.45, 7) is 6.45. The number of ether oxygens (including phenoxy) is 1. The molecule has 0 spiro atoms. The van der Waals surface area contributed by atoms with Gasteiger partial charge in [-0.15, -0.1) is 0 Å². The van der Waals surface area contributed by atoms with Crippen LogP contribution in [-0.4, -0.2) is 48.8 Å². The van der Waals surface area contributed by atoms with E-state index < -0.39 is 6.10 Å². The zero-order chi connectivity index (χ0) is 22.4. The monoisotopic (exact) mass is 472 g/mol. The third-order valence-electron chi connectivity index (χ3n) is 4.51. The zero-order valence-corrected chi connectivity index (χ0v) is 19.8. The smallest absolute Gasteiger partial charge is 0.238 e. The van der Waals surface area contributed by atoms with Crippen LogP contribution in [0.3, 0.4) is 0 Å². The molecule has 0 saturated heterocycles. The van der Waals surface area contributed by atoms with Crippen LogP contribution in [0.2, 0.25) is 15.1 Å². The summed E-state index contributed by atoms with van der Waals surface area (Å²) >= 11 is 18.4. The van der Waals surface area contributed by atoms with E-state index in [9.17, 15) is 9.90 Å². The maximum absolute atomic E-state index is 12.3. The van der Waals surface area contributed by atoms with Crippen LogP contribution >= 0.6 is 34.8 Å². The Kier molecular flexibility index (Phi) is 9.26. The molecule has 0 aliphatic carbocycles. The van der Waals surface area contributed by atoms with Crippen molar-refractivity contribution in [2.75, 3.05) is 32.1 Å². The van der Waals surface area contributed by atoms with Crippen molar-refractivity contribution in [3.8, 4) is 5.75 Å². The summed E-state index contributed by atoms with van der Waals surface area (Å²) in [5.74, 6) is 0.661. The number of para-hydroxylation sites is 1. The minimum absolute atomic E-state index is 0.0654. The van der Waals surface area contributed by atoms with Gasteiger partial charge in [0.2, 0.25) is 5.91 Å². The minimum Gasteiger partial charge on any atom is -0.491 e. The van der Waals surface area contributed by atoms with E-state index in [1.54, 1.807) is 30.1 Å². The Bertz CT molecular complexity index is 870. The zero-order valence-electron chi connectivity index (χ0n) is 17.5. The van der Waals surface area contributed by atoms with Crippen molar-refractivity contribution in [2.45, 2.75) is 32.8 Å². The van der Waals surface area contributed by atoms with Crippen molar-refractivity contribution in [3.63, 3.8) is 0 Å². The van der Waals surface area contributed by atoms with E-state index in [0.29, 0.717) is 26.5 Å². The van der Waals surface area contributed by atoms with Crippen molar-refractivity contribution >= 4 is 46.4 Å². The number of aliphatic hydroxyl groups is 1. The number of carbonyl (C=O) groups excluding carboxylic acids is 1. The van der Waals surface area contributed by atoms with Crippen LogP contribution in [0, 0.1) is 6.92 Å². The van der Waals surface area contributed by atoms with Crippen molar-refractivity contribution in [3.05, 3.63) is 56.5 Å². The van der Waals surface area contributed by atoms with E-state index in [1.165, 1.54) is 0 Å². The van der Waals surface area contributed by atoms with E-state index in [-0.39, 0.29) is 31.5 Å². The molecule has 0 aliphatic heterocycles. The number of carbonyl (C=O) groups is 1. The predicted molar refractivity (Wildman–Crippen MR) is 124 cm³/mol. The quantitative estimate of drug-likeness (QED) is 0.513. The highest BCUT2D eigenvalue weighted by Gasteiger charge is 2.16. The van der Waals surface area contributed by atoms with Gasteiger partial charge in [0.05, 0.1) is 22.3 Å². The Labute approximate surface area is 192 Å². The number of anilines is 1. The molecular weight excluding hydrogens is 447 g/mol. The number of nitrogens with one attached hydrogen (secondary N) is 1. The largest absolute Gasteiger partial charge is 0.491 e. The number of nitrogens with zero attached hydrogens (tertiary/aromatic N) is 1. The molecule has 30 heavy (non-hydrogen) atoms. The number of amides is 1. The molecule has 2 aromatic carbocycles. The highest BCUT2D eigenvalue weighted by molar-refractivity contribution is 6.39. The van der Waals surface area contributed by atoms with E-state index >= 15 is 0 Å². The number of benzene rings is 2. The van der Waals surface area contributed by atoms with Gasteiger partial charge in [0.1, 0.15) is 18.5 Å². The lowest BCUT2D eigenvalue weighted by molar-refractivity contribution is -0.117. The molecule has 0 bridgehead atoms. The molecule has 0 saturated carbocycles. The fourth-order valence-corrected chi connectivity index (χ4v) is 3.61. The molecule has 164 valence electrons. The van der Waals surface area contributed by atoms with Crippen molar-refractivity contribution in [2.24, 2.45) is 0 Å². The van der Waals surface area contributed by atoms with Crippen molar-refractivity contribution in [1.29, 1.82) is 0 Å². The van der Waals surface area contributed by atoms with Crippen LogP contribution in [-0.2, 0) is 4.79 Å². The third kappa shape index (κ3) is 7.03. The van der Waals surface area contributed by atoms with Gasteiger partial charge in [0.15, 0.2) is 0 Å². The molecule has 0 radical (unpaired) electrons. The van der Waals surface area contributed by atoms with Gasteiger partial charge in [-0.1, -0.05) is 54.7 Å². The van der Waals surface area contributed by atoms with E-state index in [4.69, 9.17) is 39.5 Å². The SMILES string of the molecule is Cc1cc(OC[C@H](O)CN(C)CC(=O)Nc2c(Cl)cccc2Cl)c(C(C)C)cc1Cl. The average molecular weight is 474 g/mol. The van der Waals surface area contributed by atoms with Gasteiger partial charge in [-0.3, -0.25) is 9.69 Å². The number of halogens is 3. The summed E-state index contributed by atoms with van der Waals surface area (Å²) in [7, 11) is 1.74. The molecule has 2 rings (SSSR count). The topological polar surface area (TPSA) is 61.8 Å². The fraction of sp³-hybridized carbons (Fsp3) is 0.409. The molecule has 0 heterocycles. The standard InChI is InChI=1S/C22H27Cl3N2O3/c1-13(2)16-9-19(25)14(3)8-20(16)30-12-15(28)10-27(4)11-21(29)26-22-17(23)6-5-7-18(22)24/h5-9,13,15,28H,10-12H2,1-4H3,(H,26,29)/t15-/m1/s1. The molecule has 8 heteroatoms. The Morgan fingerprint density at radius 3 is 2.40 bits per heavy atom. The number of hydrogen-bond donors (Lipinski definition) is 2. The Hall–Kier alpha value is -1.50. The van der Waals surface area contributed by atoms with Crippen LogP contribution in [0.5, 0.6) is 5.75 Å². The molecule has 2 aromatic rings. The second kappa shape index (κ2) is 11.2. The van der Waals surface area contributed by atoms with E-state index in [1.807, 2.05) is 19.1 Å². The second-order valence-electron chi connectivity index (χ2n) is 7.60. The lowest BCUT2D eigenvalue weighted by atomic mass is 10.0. The molecule has 0 aromatic heterocycles. The normalized spacial score (nSPS) is 12.3. The van der Waals surface area contributed by atoms with E-state index in [0.717, 1.165) is 11.1 Å². The van der Waals surface area contributed by atoms with Gasteiger partial charge in [-0.25, -0.2) is 0 Å². The van der Waals surface area contributed by atoms with Crippen molar-refractivity contribution in [1.82, 2.24) is 4.90 Å². The maximum atomic E-state index is 12.3. The van der Waals surface area contributed by atoms with Crippen LogP contribution in [0.4, 0.5) is 5.69 Å². The summed E-state index contributed by atoms with van der Waals surface area (Å²) < 4.78 is 5.86. The summed E-state index contributed by atoms with van der Waals surface area (Å²) in [5, 5.41) is 14.5. The first kappa shape index (κ1) is 24.8. The molecule has 2 N–H and O–H groups in total. The third-order valence-corrected chi connectivity index (χ3v) is 5.54. The molecule has 0 aliphatic rings. The second-order valence-corrected chi connectivity index (χ2v) is 8.82. The number of hydrogen-bond acceptors (Lipinski definition) is 4. The fourth-order valence-electron chi connectivity index (χ4n) is 2.95. The Balaban J connectivity index is 1.88. The van der Waals surface area contributed by atoms with Crippen LogP contribution in [0.25, 0.3) is 0 Å². The lowest BCUT2D eigenvalue weighted by Gasteiger charge is -2.22. The van der Waals surface area contributed by atoms with E-state index in [2.05, 4.69) is 19.2 Å². The van der Waals surface area contributed by atoms with Gasteiger partial charge < -0.3 is 15.2 Å². The van der Waals surface area contributed by atoms with Gasteiger partial charge in [0, 0.05) is 11.6 Å². The van der Waals surface area contributed by atoms with Gasteiger partial charge in [-0.2, -0.15) is 0 Å². The highest BCUT2D eigenvalue weighted by atomic mass is 35.5. The van der Waals surface area contributed by atoms with Crippen LogP contribution < -0.4 is 10.1 Å². The Morgan fingerprint density at radius 1 is 1.17 bits per heavy atom. The molecule has 0 fully saturated rings. The molecule has 1 amide bonds. The summed E-state index contributed by atoms with van der Waals surface area (Å²) in [4.78, 5) is 14.0. The van der Waals surface area contributed by atoms with Gasteiger partial charge in [0.25, 0.3) is 0 Å². The van der Waals surface area contributed by atoms with Gasteiger partial charge >= 0.3 is 0 Å². The highest BCUT2D eigenvalue weighted by Crippen LogP contribution is 2.32. The number of rotatable bonds is 9. The Morgan fingerprint density at radius 2 is 1.80 bits per heavy atom. The minimum atomic E-state index is -0.775. The average Bonchev–Trinajstić information content (AvgIpc) is 2.65. The van der Waals surface area contributed by atoms with Crippen molar-refractivity contribution < 1.29 is 14.6 Å². The maximum Gasteiger partial charge on any atom is 0.238 e. The lowest BCUT2D eigenvalue weighted by Crippen LogP contribution is -2.38. The molecule has 0 unspecified atom stereocenters. The van der Waals surface area contributed by atoms with Crippen LogP contribution in [0.1, 0.15) is 30.9 Å². The molecular formula is C22H27Cl3N2O3. The van der Waals surface area contributed by atoms with Crippen LogP contribution in [0.15, 0.2) is 30.3 Å². The summed E-state index contributed by atoms with van der Waals surface area (Å²) in [5.41, 5.74) is 2.28. The predicted octanol–water partition coefficient (Wildman–Crippen LogP) is 5.39. The number of aliphatic hydroxyl groups excluding tert-OH is 1. The first-order valence-electron chi connectivity index (χ1n) is 9.61. The number of aryl methyl sites for hydroxylation is 1.